The molecule has 24 heavy (non-hydrogen) atoms. The van der Waals surface area contributed by atoms with Gasteiger partial charge in [-0.05, 0) is 43.0 Å². The number of nitrogens with two attached hydrogens (primary N) is 1. The Morgan fingerprint density at radius 3 is 2.88 bits per heavy atom. The van der Waals surface area contributed by atoms with Gasteiger partial charge in [-0.3, -0.25) is 0 Å². The predicted octanol–water partition coefficient (Wildman–Crippen LogP) is 3.42. The van der Waals surface area contributed by atoms with Crippen LogP contribution in [0.2, 0.25) is 0 Å². The highest BCUT2D eigenvalue weighted by Gasteiger charge is 2.17. The molecule has 4 aromatic rings. The van der Waals surface area contributed by atoms with Crippen molar-refractivity contribution in [3.05, 3.63) is 47.1 Å². The number of aryl methyl sites for hydroxylation is 1. The van der Waals surface area contributed by atoms with Crippen LogP contribution in [0.4, 0.5) is 0 Å². The molecule has 0 atom stereocenters. The zero-order valence-electron chi connectivity index (χ0n) is 12.5. The minimum Gasteiger partial charge on any atom is -0.469 e. The summed E-state index contributed by atoms with van der Waals surface area (Å²) in [5.41, 5.74) is 1.66. The maximum atomic E-state index is 6.16. The van der Waals surface area contributed by atoms with Crippen LogP contribution in [0.25, 0.3) is 22.3 Å². The maximum Gasteiger partial charge on any atom is 0.216 e. The molecular weight excluding hydrogens is 392 g/mol. The highest BCUT2D eigenvalue weighted by Crippen LogP contribution is 2.32. The van der Waals surface area contributed by atoms with Crippen LogP contribution in [-0.4, -0.2) is 24.8 Å². The Bertz CT molecular complexity index is 1040. The lowest BCUT2D eigenvalue weighted by atomic mass is 10.2. The first-order valence-corrected chi connectivity index (χ1v) is 8.57. The van der Waals surface area contributed by atoms with E-state index in [0.29, 0.717) is 11.0 Å². The van der Waals surface area contributed by atoms with E-state index in [1.165, 1.54) is 22.8 Å². The summed E-state index contributed by atoms with van der Waals surface area (Å²) in [4.78, 5) is 8.62. The van der Waals surface area contributed by atoms with Gasteiger partial charge < -0.3 is 10.3 Å². The second-order valence-corrected chi connectivity index (χ2v) is 6.88. The molecule has 0 aliphatic heterocycles. The van der Waals surface area contributed by atoms with Gasteiger partial charge in [-0.2, -0.15) is 0 Å². The number of aromatic nitrogens is 5. The van der Waals surface area contributed by atoms with Gasteiger partial charge in [0.2, 0.25) is 5.16 Å². The van der Waals surface area contributed by atoms with E-state index in [0.717, 1.165) is 31.7 Å². The Kier molecular flexibility index (Phi) is 3.73. The molecule has 1 aromatic carbocycles. The molecule has 0 aliphatic rings. The molecule has 3 heterocycles. The van der Waals surface area contributed by atoms with Gasteiger partial charge in [0.15, 0.2) is 5.82 Å². The number of nitrogen functional groups attached to an aromatic ring is 1. The van der Waals surface area contributed by atoms with Crippen LogP contribution in [0.3, 0.4) is 0 Å². The van der Waals surface area contributed by atoms with Gasteiger partial charge in [0.25, 0.3) is 0 Å². The van der Waals surface area contributed by atoms with Gasteiger partial charge in [-0.25, -0.2) is 14.6 Å². The fourth-order valence-electron chi connectivity index (χ4n) is 2.32. The summed E-state index contributed by atoms with van der Waals surface area (Å²) >= 11 is 4.81. The van der Waals surface area contributed by atoms with Crippen molar-refractivity contribution >= 4 is 38.6 Å². The van der Waals surface area contributed by atoms with E-state index < -0.39 is 0 Å². The number of halogens is 1. The van der Waals surface area contributed by atoms with E-state index in [4.69, 9.17) is 10.3 Å². The summed E-state index contributed by atoms with van der Waals surface area (Å²) in [6, 6.07) is 7.65. The van der Waals surface area contributed by atoms with E-state index in [9.17, 15) is 0 Å². The lowest BCUT2D eigenvalue weighted by Crippen LogP contribution is -2.11. The average Bonchev–Trinajstić information content (AvgIpc) is 3.14. The van der Waals surface area contributed by atoms with Gasteiger partial charge in [-0.1, -0.05) is 15.9 Å². The van der Waals surface area contributed by atoms with Crippen LogP contribution in [0.1, 0.15) is 5.76 Å². The van der Waals surface area contributed by atoms with Crippen LogP contribution >= 0.6 is 27.7 Å². The SMILES string of the molecule is Cc1occc1-c1nnc(Sc2ncnc3ccc(Br)cc23)n1N. The zero-order chi connectivity index (χ0) is 16.7. The minimum absolute atomic E-state index is 0.533. The Morgan fingerprint density at radius 1 is 1.21 bits per heavy atom. The molecule has 0 amide bonds. The number of rotatable bonds is 3. The molecule has 3 aromatic heterocycles. The van der Waals surface area contributed by atoms with Crippen molar-refractivity contribution in [1.29, 1.82) is 0 Å². The first-order valence-electron chi connectivity index (χ1n) is 6.96. The Labute approximate surface area is 149 Å². The molecular formula is C15H11BrN6OS. The van der Waals surface area contributed by atoms with Crippen molar-refractivity contribution in [2.45, 2.75) is 17.1 Å². The fraction of sp³-hybridized carbons (Fsp3) is 0.0667. The van der Waals surface area contributed by atoms with Crippen molar-refractivity contribution in [1.82, 2.24) is 24.8 Å². The molecule has 2 N–H and O–H groups in total. The summed E-state index contributed by atoms with van der Waals surface area (Å²) < 4.78 is 7.70. The molecule has 4 rings (SSSR count). The largest absolute Gasteiger partial charge is 0.469 e. The lowest BCUT2D eigenvalue weighted by Gasteiger charge is -2.05. The second-order valence-electron chi connectivity index (χ2n) is 5.01. The number of fused-ring (bicyclic) bond motifs is 1. The van der Waals surface area contributed by atoms with Crippen LogP contribution in [-0.2, 0) is 0 Å². The van der Waals surface area contributed by atoms with E-state index in [2.05, 4.69) is 36.1 Å². The number of hydrogen-bond donors (Lipinski definition) is 1. The summed E-state index contributed by atoms with van der Waals surface area (Å²) in [7, 11) is 0. The van der Waals surface area contributed by atoms with Gasteiger partial charge in [0.1, 0.15) is 17.1 Å². The monoisotopic (exact) mass is 402 g/mol. The maximum absolute atomic E-state index is 6.16. The van der Waals surface area contributed by atoms with Crippen molar-refractivity contribution in [3.8, 4) is 11.4 Å². The number of benzene rings is 1. The molecule has 9 heteroatoms. The van der Waals surface area contributed by atoms with E-state index in [1.807, 2.05) is 31.2 Å². The van der Waals surface area contributed by atoms with E-state index >= 15 is 0 Å². The van der Waals surface area contributed by atoms with Crippen molar-refractivity contribution in [2.24, 2.45) is 0 Å². The molecule has 0 unspecified atom stereocenters. The van der Waals surface area contributed by atoms with Crippen LogP contribution in [0, 0.1) is 6.92 Å². The smallest absolute Gasteiger partial charge is 0.216 e. The average molecular weight is 403 g/mol. The highest BCUT2D eigenvalue weighted by atomic mass is 79.9. The third-order valence-corrected chi connectivity index (χ3v) is 4.99. The molecule has 0 bridgehead atoms. The second kappa shape index (κ2) is 5.91. The lowest BCUT2D eigenvalue weighted by molar-refractivity contribution is 0.535. The molecule has 0 saturated carbocycles. The number of furan rings is 1. The number of hydrogen-bond acceptors (Lipinski definition) is 7. The standard InChI is InChI=1S/C15H11BrN6OS/c1-8-10(4-5-23-8)13-20-21-15(22(13)17)24-14-11-6-9(16)2-3-12(11)18-7-19-14/h2-7H,17H2,1H3. The fourth-order valence-corrected chi connectivity index (χ4v) is 3.49. The summed E-state index contributed by atoms with van der Waals surface area (Å²) in [6.45, 7) is 1.85. The van der Waals surface area contributed by atoms with Gasteiger partial charge in [0, 0.05) is 9.86 Å². The first kappa shape index (κ1) is 15.2. The normalized spacial score (nSPS) is 11.2. The molecule has 7 nitrogen and oxygen atoms in total. The Hall–Kier alpha value is -2.39. The molecule has 0 saturated heterocycles. The summed E-state index contributed by atoms with van der Waals surface area (Å²) in [5, 5.41) is 10.6. The third-order valence-electron chi connectivity index (χ3n) is 3.51. The van der Waals surface area contributed by atoms with Crippen molar-refractivity contribution < 1.29 is 4.42 Å². The molecule has 0 spiro atoms. The molecule has 0 fully saturated rings. The topological polar surface area (TPSA) is 95.6 Å². The van der Waals surface area contributed by atoms with Crippen molar-refractivity contribution in [3.63, 3.8) is 0 Å². The van der Waals surface area contributed by atoms with Crippen LogP contribution in [0.5, 0.6) is 0 Å². The molecule has 0 radical (unpaired) electrons. The van der Waals surface area contributed by atoms with Gasteiger partial charge in [-0.15, -0.1) is 10.2 Å². The van der Waals surface area contributed by atoms with Gasteiger partial charge in [0.05, 0.1) is 17.3 Å². The Morgan fingerprint density at radius 2 is 2.08 bits per heavy atom. The van der Waals surface area contributed by atoms with Gasteiger partial charge >= 0.3 is 0 Å². The predicted molar refractivity (Wildman–Crippen MR) is 94.0 cm³/mol. The minimum atomic E-state index is 0.533. The van der Waals surface area contributed by atoms with E-state index in [1.54, 1.807) is 6.26 Å². The first-order chi connectivity index (χ1) is 11.6. The zero-order valence-corrected chi connectivity index (χ0v) is 14.9. The summed E-state index contributed by atoms with van der Waals surface area (Å²) in [5.74, 6) is 7.44. The quantitative estimate of drug-likeness (QED) is 0.414. The van der Waals surface area contributed by atoms with Crippen LogP contribution < -0.4 is 5.84 Å². The van der Waals surface area contributed by atoms with Crippen LogP contribution in [0.15, 0.2) is 55.9 Å². The van der Waals surface area contributed by atoms with Crippen molar-refractivity contribution in [2.75, 3.05) is 5.84 Å². The number of nitrogens with zero attached hydrogens (tertiary/aromatic N) is 5. The van der Waals surface area contributed by atoms with E-state index in [-0.39, 0.29) is 0 Å². The third kappa shape index (κ3) is 2.55. The highest BCUT2D eigenvalue weighted by molar-refractivity contribution is 9.10. The Balaban J connectivity index is 1.76. The molecule has 120 valence electrons. The summed E-state index contributed by atoms with van der Waals surface area (Å²) in [6.07, 6.45) is 3.12. The molecule has 0 aliphatic carbocycles.